The Morgan fingerprint density at radius 2 is 2.00 bits per heavy atom. The first kappa shape index (κ1) is 19.7. The van der Waals surface area contributed by atoms with E-state index in [1.807, 2.05) is 31.2 Å². The molecule has 0 atom stereocenters. The topological polar surface area (TPSA) is 79.8 Å². The predicted octanol–water partition coefficient (Wildman–Crippen LogP) is 2.42. The molecule has 1 fully saturated rings. The van der Waals surface area contributed by atoms with Crippen LogP contribution in [0.1, 0.15) is 12.5 Å². The Morgan fingerprint density at radius 3 is 2.75 bits per heavy atom. The Morgan fingerprint density at radius 1 is 1.18 bits per heavy atom. The first-order valence-electron chi connectivity index (χ1n) is 9.55. The molecule has 0 bridgehead atoms. The van der Waals surface area contributed by atoms with Gasteiger partial charge < -0.3 is 24.6 Å². The number of ether oxygens (including phenoxy) is 2. The van der Waals surface area contributed by atoms with E-state index >= 15 is 0 Å². The lowest BCUT2D eigenvalue weighted by atomic mass is 10.1. The van der Waals surface area contributed by atoms with Crippen molar-refractivity contribution in [2.75, 3.05) is 56.7 Å². The Bertz CT molecular complexity index is 778. The van der Waals surface area contributed by atoms with Gasteiger partial charge in [-0.2, -0.15) is 0 Å². The molecular weight excluding hydrogens is 358 g/mol. The number of carbonyl (C=O) groups excluding carboxylic acids is 1. The third kappa shape index (κ3) is 5.25. The number of benzene rings is 1. The average molecular weight is 385 g/mol. The predicted molar refractivity (Wildman–Crippen MR) is 108 cm³/mol. The van der Waals surface area contributed by atoms with E-state index in [0.29, 0.717) is 19.7 Å². The molecule has 1 aromatic carbocycles. The van der Waals surface area contributed by atoms with E-state index in [1.54, 1.807) is 18.3 Å². The number of hydrogen-bond acceptors (Lipinski definition) is 7. The van der Waals surface area contributed by atoms with Gasteiger partial charge in [-0.3, -0.25) is 0 Å². The van der Waals surface area contributed by atoms with Crippen LogP contribution in [-0.2, 0) is 11.2 Å². The van der Waals surface area contributed by atoms with Gasteiger partial charge in [-0.1, -0.05) is 12.1 Å². The summed E-state index contributed by atoms with van der Waals surface area (Å²) in [7, 11) is 1.67. The second-order valence-electron chi connectivity index (χ2n) is 6.46. The van der Waals surface area contributed by atoms with E-state index in [1.165, 1.54) is 5.56 Å². The molecule has 3 rings (SSSR count). The Hall–Kier alpha value is -3.03. The van der Waals surface area contributed by atoms with Gasteiger partial charge in [0.2, 0.25) is 0 Å². The van der Waals surface area contributed by atoms with Crippen LogP contribution in [0, 0.1) is 0 Å². The van der Waals surface area contributed by atoms with Gasteiger partial charge in [-0.25, -0.2) is 14.8 Å². The average Bonchev–Trinajstić information content (AvgIpc) is 2.74. The number of rotatable bonds is 7. The highest BCUT2D eigenvalue weighted by Crippen LogP contribution is 2.17. The van der Waals surface area contributed by atoms with Crippen molar-refractivity contribution in [3.8, 4) is 5.75 Å². The molecule has 0 aliphatic carbocycles. The van der Waals surface area contributed by atoms with Crippen LogP contribution in [0.25, 0.3) is 0 Å². The summed E-state index contributed by atoms with van der Waals surface area (Å²) in [6.45, 7) is 5.68. The minimum atomic E-state index is -0.246. The molecule has 1 saturated heterocycles. The molecule has 2 heterocycles. The van der Waals surface area contributed by atoms with Crippen LogP contribution in [-0.4, -0.2) is 67.4 Å². The lowest BCUT2D eigenvalue weighted by molar-refractivity contribution is 0.105. The molecule has 0 saturated carbocycles. The van der Waals surface area contributed by atoms with Gasteiger partial charge >= 0.3 is 6.09 Å². The summed E-state index contributed by atoms with van der Waals surface area (Å²) in [5.41, 5.74) is 1.20. The summed E-state index contributed by atoms with van der Waals surface area (Å²) in [6.07, 6.45) is 2.19. The molecule has 1 aromatic heterocycles. The Kier molecular flexibility index (Phi) is 6.89. The van der Waals surface area contributed by atoms with E-state index in [2.05, 4.69) is 26.3 Å². The molecule has 150 valence electrons. The van der Waals surface area contributed by atoms with Gasteiger partial charge in [-0.15, -0.1) is 0 Å². The number of methoxy groups -OCH3 is 1. The van der Waals surface area contributed by atoms with Crippen LogP contribution in [0.2, 0.25) is 0 Å². The normalized spacial score (nSPS) is 13.9. The third-order valence-electron chi connectivity index (χ3n) is 4.64. The lowest BCUT2D eigenvalue weighted by Crippen LogP contribution is -2.49. The van der Waals surface area contributed by atoms with Crippen LogP contribution in [0.15, 0.2) is 36.7 Å². The SMILES string of the molecule is CCOC(=O)N1CCN(c2cc(NCCc3cccc(OC)c3)ncn2)CC1. The second kappa shape index (κ2) is 9.77. The first-order valence-corrected chi connectivity index (χ1v) is 9.55. The zero-order chi connectivity index (χ0) is 19.8. The van der Waals surface area contributed by atoms with Crippen LogP contribution < -0.4 is 15.0 Å². The maximum absolute atomic E-state index is 11.8. The molecule has 1 N–H and O–H groups in total. The molecule has 0 spiro atoms. The van der Waals surface area contributed by atoms with Gasteiger partial charge in [-0.05, 0) is 31.0 Å². The van der Waals surface area contributed by atoms with Crippen molar-refractivity contribution < 1.29 is 14.3 Å². The number of nitrogens with zero attached hydrogens (tertiary/aromatic N) is 4. The standard InChI is InChI=1S/C20H27N5O3/c1-3-28-20(26)25-11-9-24(10-12-25)19-14-18(22-15-23-19)21-8-7-16-5-4-6-17(13-16)27-2/h4-6,13-15H,3,7-12H2,1-2H3,(H,21,22,23). The van der Waals surface area contributed by atoms with Gasteiger partial charge in [0.05, 0.1) is 13.7 Å². The van der Waals surface area contributed by atoms with Gasteiger partial charge in [0.15, 0.2) is 0 Å². The van der Waals surface area contributed by atoms with E-state index in [-0.39, 0.29) is 6.09 Å². The van der Waals surface area contributed by atoms with Crippen LogP contribution in [0.5, 0.6) is 5.75 Å². The van der Waals surface area contributed by atoms with E-state index in [9.17, 15) is 4.79 Å². The second-order valence-corrected chi connectivity index (χ2v) is 6.46. The van der Waals surface area contributed by atoms with Crippen molar-refractivity contribution in [3.63, 3.8) is 0 Å². The number of anilines is 2. The zero-order valence-corrected chi connectivity index (χ0v) is 16.4. The molecule has 0 unspecified atom stereocenters. The van der Waals surface area contributed by atoms with Crippen molar-refractivity contribution in [3.05, 3.63) is 42.2 Å². The monoisotopic (exact) mass is 385 g/mol. The molecule has 8 nitrogen and oxygen atoms in total. The Labute approximate surface area is 165 Å². The van der Waals surface area contributed by atoms with Crippen molar-refractivity contribution in [2.24, 2.45) is 0 Å². The number of hydrogen-bond donors (Lipinski definition) is 1. The summed E-state index contributed by atoms with van der Waals surface area (Å²) in [4.78, 5) is 24.4. The lowest BCUT2D eigenvalue weighted by Gasteiger charge is -2.34. The van der Waals surface area contributed by atoms with Crippen molar-refractivity contribution in [2.45, 2.75) is 13.3 Å². The number of carbonyl (C=O) groups is 1. The third-order valence-corrected chi connectivity index (χ3v) is 4.64. The fourth-order valence-electron chi connectivity index (χ4n) is 3.11. The van der Waals surface area contributed by atoms with Crippen LogP contribution >= 0.6 is 0 Å². The van der Waals surface area contributed by atoms with Crippen molar-refractivity contribution >= 4 is 17.7 Å². The van der Waals surface area contributed by atoms with E-state index < -0.39 is 0 Å². The number of aromatic nitrogens is 2. The highest BCUT2D eigenvalue weighted by Gasteiger charge is 2.22. The molecule has 1 aliphatic heterocycles. The molecule has 28 heavy (non-hydrogen) atoms. The molecule has 1 aliphatic rings. The Balaban J connectivity index is 1.51. The summed E-state index contributed by atoms with van der Waals surface area (Å²) in [5.74, 6) is 2.52. The van der Waals surface area contributed by atoms with Crippen molar-refractivity contribution in [1.82, 2.24) is 14.9 Å². The first-order chi connectivity index (χ1) is 13.7. The molecular formula is C20H27N5O3. The zero-order valence-electron chi connectivity index (χ0n) is 16.4. The molecule has 0 radical (unpaired) electrons. The largest absolute Gasteiger partial charge is 0.497 e. The summed E-state index contributed by atoms with van der Waals surface area (Å²) in [6, 6.07) is 10.0. The maximum atomic E-state index is 11.8. The molecule has 1 amide bonds. The van der Waals surface area contributed by atoms with E-state index in [0.717, 1.165) is 43.4 Å². The van der Waals surface area contributed by atoms with Crippen molar-refractivity contribution in [1.29, 1.82) is 0 Å². The summed E-state index contributed by atoms with van der Waals surface area (Å²) in [5, 5.41) is 3.35. The maximum Gasteiger partial charge on any atom is 0.409 e. The fourth-order valence-corrected chi connectivity index (χ4v) is 3.11. The summed E-state index contributed by atoms with van der Waals surface area (Å²) >= 11 is 0. The fraction of sp³-hybridized carbons (Fsp3) is 0.450. The minimum absolute atomic E-state index is 0.246. The number of nitrogens with one attached hydrogen (secondary N) is 1. The van der Waals surface area contributed by atoms with Gasteiger partial charge in [0.25, 0.3) is 0 Å². The highest BCUT2D eigenvalue weighted by molar-refractivity contribution is 5.68. The summed E-state index contributed by atoms with van der Waals surface area (Å²) < 4.78 is 10.3. The highest BCUT2D eigenvalue weighted by atomic mass is 16.6. The number of amides is 1. The van der Waals surface area contributed by atoms with Gasteiger partial charge in [0, 0.05) is 38.8 Å². The smallest absolute Gasteiger partial charge is 0.409 e. The van der Waals surface area contributed by atoms with E-state index in [4.69, 9.17) is 9.47 Å². The minimum Gasteiger partial charge on any atom is -0.497 e. The van der Waals surface area contributed by atoms with Gasteiger partial charge in [0.1, 0.15) is 23.7 Å². The van der Waals surface area contributed by atoms with Crippen LogP contribution in [0.4, 0.5) is 16.4 Å². The number of piperazine rings is 1. The molecule has 2 aromatic rings. The van der Waals surface area contributed by atoms with Crippen LogP contribution in [0.3, 0.4) is 0 Å². The quantitative estimate of drug-likeness (QED) is 0.784. The molecule has 8 heteroatoms.